The Morgan fingerprint density at radius 2 is 2.21 bits per heavy atom. The first-order chi connectivity index (χ1) is 9.06. The van der Waals surface area contributed by atoms with Gasteiger partial charge in [0.25, 0.3) is 0 Å². The van der Waals surface area contributed by atoms with E-state index in [9.17, 15) is 4.79 Å². The highest BCUT2D eigenvalue weighted by molar-refractivity contribution is 7.80. The van der Waals surface area contributed by atoms with Crippen molar-refractivity contribution in [3.8, 4) is 0 Å². The lowest BCUT2D eigenvalue weighted by Crippen LogP contribution is -2.36. The van der Waals surface area contributed by atoms with Crippen LogP contribution in [0.1, 0.15) is 30.4 Å². The molecule has 0 heterocycles. The molecule has 0 atom stereocenters. The van der Waals surface area contributed by atoms with Crippen LogP contribution in [-0.2, 0) is 11.2 Å². The van der Waals surface area contributed by atoms with Crippen molar-refractivity contribution in [1.82, 2.24) is 4.90 Å². The molecule has 2 rings (SSSR count). The second-order valence-corrected chi connectivity index (χ2v) is 5.72. The van der Waals surface area contributed by atoms with Gasteiger partial charge in [0.1, 0.15) is 0 Å². The van der Waals surface area contributed by atoms with Crippen LogP contribution in [0, 0.1) is 6.92 Å². The van der Waals surface area contributed by atoms with E-state index in [1.807, 2.05) is 30.0 Å². The molecule has 3 nitrogen and oxygen atoms in total. The maximum Gasteiger partial charge on any atom is 0.227 e. The van der Waals surface area contributed by atoms with Crippen LogP contribution in [0.25, 0.3) is 0 Å². The summed E-state index contributed by atoms with van der Waals surface area (Å²) < 4.78 is 0. The van der Waals surface area contributed by atoms with Crippen LogP contribution in [0.3, 0.4) is 0 Å². The zero-order chi connectivity index (χ0) is 13.8. The van der Waals surface area contributed by atoms with E-state index in [-0.39, 0.29) is 5.91 Å². The maximum atomic E-state index is 12.4. The van der Waals surface area contributed by atoms with Gasteiger partial charge >= 0.3 is 0 Å². The molecule has 0 spiro atoms. The molecule has 0 saturated heterocycles. The summed E-state index contributed by atoms with van der Waals surface area (Å²) in [5.41, 5.74) is 7.79. The molecule has 19 heavy (non-hydrogen) atoms. The van der Waals surface area contributed by atoms with Gasteiger partial charge in [-0.15, -0.1) is 0 Å². The normalized spacial score (nSPS) is 14.2. The molecule has 1 aromatic rings. The number of carbonyl (C=O) groups is 1. The van der Waals surface area contributed by atoms with Crippen LogP contribution in [-0.4, -0.2) is 28.4 Å². The Kier molecular flexibility index (Phi) is 4.53. The number of rotatable bonds is 6. The van der Waals surface area contributed by atoms with Gasteiger partial charge in [-0.25, -0.2) is 0 Å². The largest absolute Gasteiger partial charge is 0.393 e. The van der Waals surface area contributed by atoms with Gasteiger partial charge < -0.3 is 10.6 Å². The molecule has 102 valence electrons. The van der Waals surface area contributed by atoms with Gasteiger partial charge in [-0.1, -0.05) is 42.0 Å². The minimum Gasteiger partial charge on any atom is -0.393 e. The molecular formula is C15H20N2OS. The fourth-order valence-corrected chi connectivity index (χ4v) is 2.32. The predicted octanol–water partition coefficient (Wildman–Crippen LogP) is 2.20. The second kappa shape index (κ2) is 6.15. The molecule has 1 aromatic carbocycles. The van der Waals surface area contributed by atoms with Gasteiger partial charge in [-0.2, -0.15) is 0 Å². The highest BCUT2D eigenvalue weighted by Gasteiger charge is 2.32. The fraction of sp³-hybridized carbons (Fsp3) is 0.467. The Balaban J connectivity index is 1.97. The molecule has 4 heteroatoms. The summed E-state index contributed by atoms with van der Waals surface area (Å²) in [6.45, 7) is 2.70. The summed E-state index contributed by atoms with van der Waals surface area (Å²) in [6, 6.07) is 8.51. The number of benzene rings is 1. The Morgan fingerprint density at radius 1 is 1.47 bits per heavy atom. The molecule has 2 N–H and O–H groups in total. The predicted molar refractivity (Wildman–Crippen MR) is 81.0 cm³/mol. The van der Waals surface area contributed by atoms with Crippen molar-refractivity contribution >= 4 is 23.1 Å². The second-order valence-electron chi connectivity index (χ2n) is 5.20. The monoisotopic (exact) mass is 276 g/mol. The van der Waals surface area contributed by atoms with E-state index >= 15 is 0 Å². The first kappa shape index (κ1) is 14.0. The van der Waals surface area contributed by atoms with Gasteiger partial charge in [0.2, 0.25) is 5.91 Å². The average Bonchev–Trinajstić information content (AvgIpc) is 3.13. The third kappa shape index (κ3) is 4.31. The number of carbonyl (C=O) groups excluding carboxylic acids is 1. The molecule has 1 saturated carbocycles. The summed E-state index contributed by atoms with van der Waals surface area (Å²) in [6.07, 6.45) is 3.30. The quantitative estimate of drug-likeness (QED) is 0.810. The summed E-state index contributed by atoms with van der Waals surface area (Å²) in [7, 11) is 0. The first-order valence-corrected chi connectivity index (χ1v) is 7.10. The average molecular weight is 276 g/mol. The number of aryl methyl sites for hydroxylation is 1. The molecule has 0 aromatic heterocycles. The number of nitrogens with zero attached hydrogens (tertiary/aromatic N) is 1. The van der Waals surface area contributed by atoms with Crippen molar-refractivity contribution in [2.24, 2.45) is 5.73 Å². The lowest BCUT2D eigenvalue weighted by molar-refractivity contribution is -0.130. The van der Waals surface area contributed by atoms with Crippen molar-refractivity contribution in [3.05, 3.63) is 35.4 Å². The van der Waals surface area contributed by atoms with E-state index in [1.165, 1.54) is 5.56 Å². The van der Waals surface area contributed by atoms with Crippen LogP contribution < -0.4 is 5.73 Å². The maximum absolute atomic E-state index is 12.4. The van der Waals surface area contributed by atoms with E-state index in [0.717, 1.165) is 18.4 Å². The Hall–Kier alpha value is -1.42. The SMILES string of the molecule is Cc1cccc(CC(=O)N(CCC(N)=S)C2CC2)c1. The first-order valence-electron chi connectivity index (χ1n) is 6.69. The lowest BCUT2D eigenvalue weighted by Gasteiger charge is -2.22. The minimum atomic E-state index is 0.185. The smallest absolute Gasteiger partial charge is 0.227 e. The van der Waals surface area contributed by atoms with E-state index in [4.69, 9.17) is 18.0 Å². The Morgan fingerprint density at radius 3 is 2.79 bits per heavy atom. The van der Waals surface area contributed by atoms with E-state index in [1.54, 1.807) is 0 Å². The van der Waals surface area contributed by atoms with Crippen LogP contribution >= 0.6 is 12.2 Å². The molecule has 1 fully saturated rings. The van der Waals surface area contributed by atoms with Crippen LogP contribution in [0.2, 0.25) is 0 Å². The number of amides is 1. The number of thiocarbonyl (C=S) groups is 1. The number of hydrogen-bond acceptors (Lipinski definition) is 2. The topological polar surface area (TPSA) is 46.3 Å². The minimum absolute atomic E-state index is 0.185. The summed E-state index contributed by atoms with van der Waals surface area (Å²) in [4.78, 5) is 14.8. The summed E-state index contributed by atoms with van der Waals surface area (Å²) in [5.74, 6) is 0.185. The van der Waals surface area contributed by atoms with Crippen molar-refractivity contribution in [3.63, 3.8) is 0 Å². The molecule has 0 unspecified atom stereocenters. The lowest BCUT2D eigenvalue weighted by atomic mass is 10.1. The van der Waals surface area contributed by atoms with Gasteiger partial charge in [-0.05, 0) is 25.3 Å². The van der Waals surface area contributed by atoms with Gasteiger partial charge in [0.05, 0.1) is 11.4 Å². The number of nitrogens with two attached hydrogens (primary N) is 1. The van der Waals surface area contributed by atoms with Crippen LogP contribution in [0.4, 0.5) is 0 Å². The molecule has 1 amide bonds. The van der Waals surface area contributed by atoms with Crippen molar-refractivity contribution in [2.75, 3.05) is 6.54 Å². The molecule has 1 aliphatic rings. The van der Waals surface area contributed by atoms with Crippen molar-refractivity contribution in [2.45, 2.75) is 38.6 Å². The van der Waals surface area contributed by atoms with Gasteiger partial charge in [-0.3, -0.25) is 4.79 Å². The molecule has 0 radical (unpaired) electrons. The molecule has 1 aliphatic carbocycles. The van der Waals surface area contributed by atoms with E-state index in [2.05, 4.69) is 6.07 Å². The third-order valence-electron chi connectivity index (χ3n) is 3.34. The zero-order valence-corrected chi connectivity index (χ0v) is 12.1. The van der Waals surface area contributed by atoms with Crippen molar-refractivity contribution in [1.29, 1.82) is 0 Å². The molecule has 0 bridgehead atoms. The van der Waals surface area contributed by atoms with E-state index < -0.39 is 0 Å². The Bertz CT molecular complexity index is 483. The van der Waals surface area contributed by atoms with E-state index in [0.29, 0.717) is 30.4 Å². The highest BCUT2D eigenvalue weighted by Crippen LogP contribution is 2.27. The Labute approximate surface area is 119 Å². The molecule has 0 aliphatic heterocycles. The van der Waals surface area contributed by atoms with Crippen LogP contribution in [0.5, 0.6) is 0 Å². The van der Waals surface area contributed by atoms with Gasteiger partial charge in [0, 0.05) is 19.0 Å². The standard InChI is InChI=1S/C15H20N2OS/c1-11-3-2-4-12(9-11)10-15(18)17(13-5-6-13)8-7-14(16)19/h2-4,9,13H,5-8,10H2,1H3,(H2,16,19). The molecular weight excluding hydrogens is 256 g/mol. The van der Waals surface area contributed by atoms with Gasteiger partial charge in [0.15, 0.2) is 0 Å². The third-order valence-corrected chi connectivity index (χ3v) is 3.55. The highest BCUT2D eigenvalue weighted by atomic mass is 32.1. The van der Waals surface area contributed by atoms with Crippen molar-refractivity contribution < 1.29 is 4.79 Å². The van der Waals surface area contributed by atoms with Crippen LogP contribution in [0.15, 0.2) is 24.3 Å². The number of hydrogen-bond donors (Lipinski definition) is 1. The summed E-state index contributed by atoms with van der Waals surface area (Å²) in [5, 5.41) is 0. The zero-order valence-electron chi connectivity index (χ0n) is 11.3. The fourth-order valence-electron chi connectivity index (χ4n) is 2.23. The summed E-state index contributed by atoms with van der Waals surface area (Å²) >= 11 is 4.89.